The van der Waals surface area contributed by atoms with E-state index in [1.54, 1.807) is 28.6 Å². The standard InChI is InChI=1S/C24H37N3O4S/c1-3-4-14-25-24(29)21-11-8-19(2)27(18-21)23(28)17-20-9-12-22(13-10-20)32(30,31)26-15-6-5-7-16-26/h9-10,12-13,19,21H,3-8,11,14-18H2,1-2H3,(H,25,29). The monoisotopic (exact) mass is 463 g/mol. The van der Waals surface area contributed by atoms with Gasteiger partial charge in [-0.15, -0.1) is 0 Å². The molecule has 1 N–H and O–H groups in total. The van der Waals surface area contributed by atoms with Crippen molar-refractivity contribution < 1.29 is 18.0 Å². The van der Waals surface area contributed by atoms with Gasteiger partial charge < -0.3 is 10.2 Å². The van der Waals surface area contributed by atoms with Crippen molar-refractivity contribution in [3.63, 3.8) is 0 Å². The lowest BCUT2D eigenvalue weighted by Gasteiger charge is -2.37. The van der Waals surface area contributed by atoms with Gasteiger partial charge in [0.15, 0.2) is 0 Å². The van der Waals surface area contributed by atoms with E-state index in [1.165, 1.54) is 0 Å². The van der Waals surface area contributed by atoms with E-state index in [9.17, 15) is 18.0 Å². The maximum absolute atomic E-state index is 13.0. The Bertz CT molecular complexity index is 879. The molecular weight excluding hydrogens is 426 g/mol. The van der Waals surface area contributed by atoms with Crippen LogP contribution in [0.1, 0.15) is 64.4 Å². The van der Waals surface area contributed by atoms with Gasteiger partial charge in [-0.1, -0.05) is 31.9 Å². The Labute approximate surface area is 192 Å². The van der Waals surface area contributed by atoms with E-state index in [0.29, 0.717) is 26.2 Å². The minimum Gasteiger partial charge on any atom is -0.356 e. The van der Waals surface area contributed by atoms with Crippen molar-refractivity contribution in [2.45, 2.75) is 76.2 Å². The van der Waals surface area contributed by atoms with Crippen LogP contribution in [0, 0.1) is 5.92 Å². The van der Waals surface area contributed by atoms with Crippen LogP contribution in [0.3, 0.4) is 0 Å². The van der Waals surface area contributed by atoms with Gasteiger partial charge in [-0.05, 0) is 56.7 Å². The zero-order valence-electron chi connectivity index (χ0n) is 19.4. The summed E-state index contributed by atoms with van der Waals surface area (Å²) in [6.45, 7) is 6.38. The predicted molar refractivity (Wildman–Crippen MR) is 125 cm³/mol. The molecule has 3 rings (SSSR count). The maximum Gasteiger partial charge on any atom is 0.243 e. The van der Waals surface area contributed by atoms with E-state index in [4.69, 9.17) is 0 Å². The molecule has 0 saturated carbocycles. The summed E-state index contributed by atoms with van der Waals surface area (Å²) in [6, 6.07) is 6.78. The molecule has 1 aromatic rings. The summed E-state index contributed by atoms with van der Waals surface area (Å²) in [7, 11) is -3.47. The minimum absolute atomic E-state index is 0.0183. The molecule has 2 amide bonds. The number of hydrogen-bond acceptors (Lipinski definition) is 4. The summed E-state index contributed by atoms with van der Waals surface area (Å²) < 4.78 is 27.2. The first-order chi connectivity index (χ1) is 15.3. The number of likely N-dealkylation sites (tertiary alicyclic amines) is 1. The van der Waals surface area contributed by atoms with E-state index in [2.05, 4.69) is 12.2 Å². The highest BCUT2D eigenvalue weighted by Gasteiger charge is 2.32. The van der Waals surface area contributed by atoms with Crippen LogP contribution in [0.4, 0.5) is 0 Å². The number of benzene rings is 1. The maximum atomic E-state index is 13.0. The number of unbranched alkanes of at least 4 members (excludes halogenated alkanes) is 1. The highest BCUT2D eigenvalue weighted by Crippen LogP contribution is 2.24. The van der Waals surface area contributed by atoms with Crippen LogP contribution in [0.5, 0.6) is 0 Å². The van der Waals surface area contributed by atoms with Crippen LogP contribution in [-0.2, 0) is 26.0 Å². The molecule has 7 nitrogen and oxygen atoms in total. The van der Waals surface area contributed by atoms with Gasteiger partial charge >= 0.3 is 0 Å². The van der Waals surface area contributed by atoms with Crippen molar-refractivity contribution >= 4 is 21.8 Å². The summed E-state index contributed by atoms with van der Waals surface area (Å²) in [5.41, 5.74) is 0.786. The molecule has 0 spiro atoms. The third-order valence-corrected chi connectivity index (χ3v) is 8.55. The first-order valence-corrected chi connectivity index (χ1v) is 13.4. The Morgan fingerprint density at radius 1 is 1.06 bits per heavy atom. The topological polar surface area (TPSA) is 86.8 Å². The molecular formula is C24H37N3O4S. The second-order valence-corrected chi connectivity index (χ2v) is 11.0. The first-order valence-electron chi connectivity index (χ1n) is 12.0. The number of sulfonamides is 1. The van der Waals surface area contributed by atoms with Crippen LogP contribution >= 0.6 is 0 Å². The molecule has 0 bridgehead atoms. The van der Waals surface area contributed by atoms with E-state index >= 15 is 0 Å². The molecule has 2 unspecified atom stereocenters. The third kappa shape index (κ3) is 6.10. The van der Waals surface area contributed by atoms with Crippen molar-refractivity contribution in [2.24, 2.45) is 5.92 Å². The lowest BCUT2D eigenvalue weighted by atomic mass is 9.92. The third-order valence-electron chi connectivity index (χ3n) is 6.63. The number of carbonyl (C=O) groups is 2. The van der Waals surface area contributed by atoms with Crippen molar-refractivity contribution in [1.82, 2.24) is 14.5 Å². The molecule has 2 aliphatic rings. The lowest BCUT2D eigenvalue weighted by Crippen LogP contribution is -2.50. The van der Waals surface area contributed by atoms with Crippen molar-refractivity contribution in [3.8, 4) is 0 Å². The van der Waals surface area contributed by atoms with Crippen molar-refractivity contribution in [1.29, 1.82) is 0 Å². The molecule has 2 fully saturated rings. The fourth-order valence-electron chi connectivity index (χ4n) is 4.51. The fraction of sp³-hybridized carbons (Fsp3) is 0.667. The molecule has 0 aromatic heterocycles. The highest BCUT2D eigenvalue weighted by atomic mass is 32.2. The molecule has 2 aliphatic heterocycles. The molecule has 2 heterocycles. The molecule has 0 aliphatic carbocycles. The molecule has 178 valence electrons. The minimum atomic E-state index is -3.47. The molecule has 2 saturated heterocycles. The second kappa shape index (κ2) is 11.3. The second-order valence-electron chi connectivity index (χ2n) is 9.10. The van der Waals surface area contributed by atoms with Crippen LogP contribution in [0.2, 0.25) is 0 Å². The van der Waals surface area contributed by atoms with Gasteiger partial charge in [-0.2, -0.15) is 4.31 Å². The summed E-state index contributed by atoms with van der Waals surface area (Å²) in [6.07, 6.45) is 6.68. The van der Waals surface area contributed by atoms with E-state index in [1.807, 2.05) is 11.8 Å². The molecule has 2 atom stereocenters. The Morgan fingerprint density at radius 3 is 2.41 bits per heavy atom. The van der Waals surface area contributed by atoms with Gasteiger partial charge in [0, 0.05) is 32.2 Å². The number of nitrogens with zero attached hydrogens (tertiary/aromatic N) is 2. The average molecular weight is 464 g/mol. The van der Waals surface area contributed by atoms with Gasteiger partial charge in [0.1, 0.15) is 0 Å². The van der Waals surface area contributed by atoms with Gasteiger partial charge in [-0.3, -0.25) is 9.59 Å². The van der Waals surface area contributed by atoms with E-state index < -0.39 is 10.0 Å². The predicted octanol–water partition coefficient (Wildman–Crippen LogP) is 2.95. The number of rotatable bonds is 8. The number of carbonyl (C=O) groups excluding carboxylic acids is 2. The van der Waals surface area contributed by atoms with Gasteiger partial charge in [0.25, 0.3) is 0 Å². The summed E-state index contributed by atoms with van der Waals surface area (Å²) in [5, 5.41) is 2.99. The van der Waals surface area contributed by atoms with Crippen LogP contribution < -0.4 is 5.32 Å². The lowest BCUT2D eigenvalue weighted by molar-refractivity contribution is -0.137. The number of nitrogens with one attached hydrogen (secondary N) is 1. The Hall–Kier alpha value is -1.93. The smallest absolute Gasteiger partial charge is 0.243 e. The summed E-state index contributed by atoms with van der Waals surface area (Å²) >= 11 is 0. The Kier molecular flexibility index (Phi) is 8.71. The summed E-state index contributed by atoms with van der Waals surface area (Å²) in [4.78, 5) is 27.6. The van der Waals surface area contributed by atoms with Gasteiger partial charge in [0.2, 0.25) is 21.8 Å². The van der Waals surface area contributed by atoms with Crippen molar-refractivity contribution in [2.75, 3.05) is 26.2 Å². The average Bonchev–Trinajstić information content (AvgIpc) is 2.80. The number of piperidine rings is 2. The van der Waals surface area contributed by atoms with E-state index in [0.717, 1.165) is 50.5 Å². The highest BCUT2D eigenvalue weighted by molar-refractivity contribution is 7.89. The van der Waals surface area contributed by atoms with Gasteiger partial charge in [-0.25, -0.2) is 8.42 Å². The number of hydrogen-bond donors (Lipinski definition) is 1. The summed E-state index contributed by atoms with van der Waals surface area (Å²) in [5.74, 6) is -0.144. The van der Waals surface area contributed by atoms with Crippen LogP contribution in [-0.4, -0.2) is 61.7 Å². The first kappa shape index (κ1) is 24.7. The molecule has 0 radical (unpaired) electrons. The zero-order chi connectivity index (χ0) is 23.1. The molecule has 1 aromatic carbocycles. The molecule has 8 heteroatoms. The SMILES string of the molecule is CCCCNC(=O)C1CCC(C)N(C(=O)Cc2ccc(S(=O)(=O)N3CCCCC3)cc2)C1. The molecule has 32 heavy (non-hydrogen) atoms. The quantitative estimate of drug-likeness (QED) is 0.601. The van der Waals surface area contributed by atoms with Crippen LogP contribution in [0.15, 0.2) is 29.2 Å². The normalized spacial score (nSPS) is 22.5. The Balaban J connectivity index is 1.60. The number of amides is 2. The fourth-order valence-corrected chi connectivity index (χ4v) is 6.03. The van der Waals surface area contributed by atoms with Gasteiger partial charge in [0.05, 0.1) is 17.2 Å². The Morgan fingerprint density at radius 2 is 1.75 bits per heavy atom. The largest absolute Gasteiger partial charge is 0.356 e. The van der Waals surface area contributed by atoms with E-state index in [-0.39, 0.29) is 35.1 Å². The van der Waals surface area contributed by atoms with Crippen molar-refractivity contribution in [3.05, 3.63) is 29.8 Å². The zero-order valence-corrected chi connectivity index (χ0v) is 20.2. The van der Waals surface area contributed by atoms with Crippen LogP contribution in [0.25, 0.3) is 0 Å².